The van der Waals surface area contributed by atoms with Crippen LogP contribution in [0, 0.1) is 11.8 Å². The molecule has 1 saturated carbocycles. The lowest BCUT2D eigenvalue weighted by molar-refractivity contribution is 0.339. The van der Waals surface area contributed by atoms with Gasteiger partial charge in [-0.05, 0) is 18.3 Å². The molecule has 0 aromatic heterocycles. The first kappa shape index (κ1) is 10.0. The van der Waals surface area contributed by atoms with Crippen LogP contribution in [0.3, 0.4) is 0 Å². The van der Waals surface area contributed by atoms with Gasteiger partial charge in [0.25, 0.3) is 0 Å². The first-order valence-electron chi connectivity index (χ1n) is 5.35. The molecule has 1 heteroatoms. The highest BCUT2D eigenvalue weighted by Gasteiger charge is 2.26. The summed E-state index contributed by atoms with van der Waals surface area (Å²) in [5, 5.41) is 3.65. The second-order valence-corrected chi connectivity index (χ2v) is 4.85. The number of nitrogens with one attached hydrogen (secondary N) is 1. The lowest BCUT2D eigenvalue weighted by atomic mass is 9.98. The minimum atomic E-state index is 0.635. The summed E-state index contributed by atoms with van der Waals surface area (Å²) in [4.78, 5) is 0. The van der Waals surface area contributed by atoms with Crippen LogP contribution in [0.1, 0.15) is 47.0 Å². The van der Waals surface area contributed by atoms with Gasteiger partial charge < -0.3 is 5.32 Å². The summed E-state index contributed by atoms with van der Waals surface area (Å²) in [6.07, 6.45) is 4.35. The second-order valence-electron chi connectivity index (χ2n) is 4.85. The van der Waals surface area contributed by atoms with Gasteiger partial charge in [0.2, 0.25) is 0 Å². The maximum absolute atomic E-state index is 3.65. The standard InChI is InChI=1S/C11H23N/c1-8(2)11(12-9(3)4)7-10-5-6-10/h8-12H,5-7H2,1-4H3/t11-/m0/s1. The van der Waals surface area contributed by atoms with Crippen LogP contribution in [0.15, 0.2) is 0 Å². The van der Waals surface area contributed by atoms with Crippen molar-refractivity contribution in [1.29, 1.82) is 0 Å². The van der Waals surface area contributed by atoms with Crippen LogP contribution in [0.25, 0.3) is 0 Å². The van der Waals surface area contributed by atoms with Crippen LogP contribution in [-0.2, 0) is 0 Å². The summed E-state index contributed by atoms with van der Waals surface area (Å²) in [5.41, 5.74) is 0. The molecule has 0 radical (unpaired) electrons. The average Bonchev–Trinajstić information content (AvgIpc) is 2.68. The van der Waals surface area contributed by atoms with Gasteiger partial charge in [-0.3, -0.25) is 0 Å². The van der Waals surface area contributed by atoms with E-state index >= 15 is 0 Å². The first-order valence-corrected chi connectivity index (χ1v) is 5.35. The zero-order chi connectivity index (χ0) is 9.14. The van der Waals surface area contributed by atoms with Gasteiger partial charge in [0.1, 0.15) is 0 Å². The third kappa shape index (κ3) is 3.57. The summed E-state index contributed by atoms with van der Waals surface area (Å²) < 4.78 is 0. The Bertz CT molecular complexity index is 121. The number of rotatable bonds is 5. The molecule has 1 atom stereocenters. The van der Waals surface area contributed by atoms with E-state index in [-0.39, 0.29) is 0 Å². The average molecular weight is 169 g/mol. The molecule has 1 fully saturated rings. The molecule has 1 rings (SSSR count). The predicted molar refractivity (Wildman–Crippen MR) is 54.2 cm³/mol. The lowest BCUT2D eigenvalue weighted by Gasteiger charge is -2.24. The Morgan fingerprint density at radius 2 is 1.75 bits per heavy atom. The molecule has 0 heterocycles. The van der Waals surface area contributed by atoms with Crippen molar-refractivity contribution in [3.05, 3.63) is 0 Å². The molecule has 0 unspecified atom stereocenters. The normalized spacial score (nSPS) is 20.5. The molecule has 0 bridgehead atoms. The van der Waals surface area contributed by atoms with E-state index in [1.807, 2.05) is 0 Å². The Balaban J connectivity index is 2.26. The SMILES string of the molecule is CC(C)N[C@@H](CC1CC1)C(C)C. The summed E-state index contributed by atoms with van der Waals surface area (Å²) in [6.45, 7) is 9.12. The summed E-state index contributed by atoms with van der Waals surface area (Å²) in [7, 11) is 0. The Labute approximate surface area is 76.9 Å². The molecule has 0 aromatic carbocycles. The van der Waals surface area contributed by atoms with Crippen LogP contribution in [0.5, 0.6) is 0 Å². The first-order chi connectivity index (χ1) is 5.59. The van der Waals surface area contributed by atoms with Crippen LogP contribution in [0.2, 0.25) is 0 Å². The van der Waals surface area contributed by atoms with Crippen LogP contribution >= 0.6 is 0 Å². The maximum Gasteiger partial charge on any atom is 0.00950 e. The van der Waals surface area contributed by atoms with Crippen LogP contribution in [-0.4, -0.2) is 12.1 Å². The minimum Gasteiger partial charge on any atom is -0.312 e. The van der Waals surface area contributed by atoms with E-state index in [4.69, 9.17) is 0 Å². The van der Waals surface area contributed by atoms with Crippen molar-refractivity contribution in [1.82, 2.24) is 5.32 Å². The van der Waals surface area contributed by atoms with Gasteiger partial charge in [0, 0.05) is 12.1 Å². The third-order valence-electron chi connectivity index (χ3n) is 2.64. The molecule has 72 valence electrons. The molecular weight excluding hydrogens is 146 g/mol. The summed E-state index contributed by atoms with van der Waals surface area (Å²) >= 11 is 0. The highest BCUT2D eigenvalue weighted by atomic mass is 14.9. The zero-order valence-corrected chi connectivity index (χ0v) is 8.93. The lowest BCUT2D eigenvalue weighted by Crippen LogP contribution is -2.38. The van der Waals surface area contributed by atoms with Crippen molar-refractivity contribution >= 4 is 0 Å². The predicted octanol–water partition coefficient (Wildman–Crippen LogP) is 2.81. The Morgan fingerprint density at radius 3 is 2.08 bits per heavy atom. The topological polar surface area (TPSA) is 12.0 Å². The van der Waals surface area contributed by atoms with Crippen molar-refractivity contribution < 1.29 is 0 Å². The third-order valence-corrected chi connectivity index (χ3v) is 2.64. The molecule has 1 nitrogen and oxygen atoms in total. The molecule has 0 amide bonds. The van der Waals surface area contributed by atoms with E-state index in [0.717, 1.165) is 17.9 Å². The fraction of sp³-hybridized carbons (Fsp3) is 1.00. The van der Waals surface area contributed by atoms with E-state index < -0.39 is 0 Å². The van der Waals surface area contributed by atoms with E-state index in [1.165, 1.54) is 19.3 Å². The van der Waals surface area contributed by atoms with E-state index in [9.17, 15) is 0 Å². The Hall–Kier alpha value is -0.0400. The minimum absolute atomic E-state index is 0.635. The maximum atomic E-state index is 3.65. The largest absolute Gasteiger partial charge is 0.312 e. The van der Waals surface area contributed by atoms with Crippen LogP contribution < -0.4 is 5.32 Å². The van der Waals surface area contributed by atoms with Gasteiger partial charge in [-0.1, -0.05) is 40.5 Å². The molecule has 0 spiro atoms. The molecule has 1 aliphatic rings. The monoisotopic (exact) mass is 169 g/mol. The highest BCUT2D eigenvalue weighted by Crippen LogP contribution is 2.34. The van der Waals surface area contributed by atoms with Gasteiger partial charge in [-0.2, -0.15) is 0 Å². The number of hydrogen-bond donors (Lipinski definition) is 1. The molecule has 12 heavy (non-hydrogen) atoms. The number of hydrogen-bond acceptors (Lipinski definition) is 1. The van der Waals surface area contributed by atoms with Crippen molar-refractivity contribution in [2.24, 2.45) is 11.8 Å². The van der Waals surface area contributed by atoms with Crippen molar-refractivity contribution in [3.63, 3.8) is 0 Å². The molecule has 1 N–H and O–H groups in total. The van der Waals surface area contributed by atoms with E-state index in [1.54, 1.807) is 0 Å². The molecule has 1 aliphatic carbocycles. The smallest absolute Gasteiger partial charge is 0.00950 e. The molecule has 0 aliphatic heterocycles. The highest BCUT2D eigenvalue weighted by molar-refractivity contribution is 4.82. The van der Waals surface area contributed by atoms with Gasteiger partial charge in [-0.15, -0.1) is 0 Å². The van der Waals surface area contributed by atoms with Crippen molar-refractivity contribution in [2.75, 3.05) is 0 Å². The van der Waals surface area contributed by atoms with Crippen LogP contribution in [0.4, 0.5) is 0 Å². The van der Waals surface area contributed by atoms with Crippen molar-refractivity contribution in [2.45, 2.75) is 59.0 Å². The summed E-state index contributed by atoms with van der Waals surface area (Å²) in [5.74, 6) is 1.83. The quantitative estimate of drug-likeness (QED) is 0.667. The van der Waals surface area contributed by atoms with E-state index in [0.29, 0.717) is 6.04 Å². The Morgan fingerprint density at radius 1 is 1.17 bits per heavy atom. The molecule has 0 aromatic rings. The van der Waals surface area contributed by atoms with Gasteiger partial charge in [-0.25, -0.2) is 0 Å². The molecule has 0 saturated heterocycles. The van der Waals surface area contributed by atoms with Gasteiger partial charge in [0.05, 0.1) is 0 Å². The fourth-order valence-electron chi connectivity index (χ4n) is 1.67. The van der Waals surface area contributed by atoms with E-state index in [2.05, 4.69) is 33.0 Å². The zero-order valence-electron chi connectivity index (χ0n) is 8.93. The van der Waals surface area contributed by atoms with Gasteiger partial charge in [0.15, 0.2) is 0 Å². The summed E-state index contributed by atoms with van der Waals surface area (Å²) in [6, 6.07) is 1.38. The Kier molecular flexibility index (Phi) is 3.57. The van der Waals surface area contributed by atoms with Gasteiger partial charge >= 0.3 is 0 Å². The second kappa shape index (κ2) is 4.27. The molecular formula is C11H23N. The fourth-order valence-corrected chi connectivity index (χ4v) is 1.67. The van der Waals surface area contributed by atoms with Crippen molar-refractivity contribution in [3.8, 4) is 0 Å².